The van der Waals surface area contributed by atoms with Crippen molar-refractivity contribution in [3.63, 3.8) is 0 Å². The fourth-order valence-electron chi connectivity index (χ4n) is 1.66. The number of unbranched alkanes of at least 4 members (excludes halogenated alkanes) is 2. The van der Waals surface area contributed by atoms with Gasteiger partial charge in [0.1, 0.15) is 5.75 Å². The maximum absolute atomic E-state index is 5.64. The first-order valence-electron chi connectivity index (χ1n) is 6.39. The van der Waals surface area contributed by atoms with E-state index in [9.17, 15) is 0 Å². The van der Waals surface area contributed by atoms with Gasteiger partial charge in [0.25, 0.3) is 0 Å². The molecule has 0 saturated heterocycles. The molecule has 1 nitrogen and oxygen atoms in total. The molecule has 1 aromatic carbocycles. The van der Waals surface area contributed by atoms with Crippen LogP contribution in [-0.4, -0.2) is 0 Å². The first-order valence-corrected chi connectivity index (χ1v) is 6.39. The van der Waals surface area contributed by atoms with Gasteiger partial charge in [0.15, 0.2) is 0 Å². The predicted octanol–water partition coefficient (Wildman–Crippen LogP) is 4.89. The number of rotatable bonds is 8. The molecule has 0 bridgehead atoms. The van der Waals surface area contributed by atoms with Crippen molar-refractivity contribution in [1.29, 1.82) is 0 Å². The summed E-state index contributed by atoms with van der Waals surface area (Å²) in [5.74, 6) is 0.976. The number of aryl methyl sites for hydroxylation is 1. The average molecular weight is 230 g/mol. The van der Waals surface area contributed by atoms with Crippen molar-refractivity contribution < 1.29 is 4.74 Å². The minimum absolute atomic E-state index is 0.845. The van der Waals surface area contributed by atoms with E-state index in [0.717, 1.165) is 18.6 Å². The molecule has 0 aliphatic rings. The van der Waals surface area contributed by atoms with Crippen molar-refractivity contribution >= 4 is 0 Å². The number of allylic oxidation sites excluding steroid dienone is 2. The van der Waals surface area contributed by atoms with E-state index in [1.54, 1.807) is 6.26 Å². The lowest BCUT2D eigenvalue weighted by molar-refractivity contribution is 0.471. The van der Waals surface area contributed by atoms with Crippen LogP contribution < -0.4 is 4.74 Å². The molecule has 0 radical (unpaired) electrons. The highest BCUT2D eigenvalue weighted by Crippen LogP contribution is 2.20. The van der Waals surface area contributed by atoms with Gasteiger partial charge in [-0.1, -0.05) is 44.0 Å². The van der Waals surface area contributed by atoms with Gasteiger partial charge in [-0.2, -0.15) is 0 Å². The summed E-state index contributed by atoms with van der Waals surface area (Å²) in [5.41, 5.74) is 1.30. The third kappa shape index (κ3) is 5.39. The fourth-order valence-corrected chi connectivity index (χ4v) is 1.66. The zero-order valence-electron chi connectivity index (χ0n) is 10.7. The average Bonchev–Trinajstić information content (AvgIpc) is 2.36. The number of hydrogen-bond acceptors (Lipinski definition) is 1. The van der Waals surface area contributed by atoms with E-state index < -0.39 is 0 Å². The lowest BCUT2D eigenvalue weighted by Gasteiger charge is -2.07. The first-order chi connectivity index (χ1) is 8.38. The van der Waals surface area contributed by atoms with E-state index in [0.29, 0.717) is 0 Å². The molecule has 0 aliphatic heterocycles. The Balaban J connectivity index is 2.54. The van der Waals surface area contributed by atoms with Gasteiger partial charge in [-0.3, -0.25) is 0 Å². The minimum Gasteiger partial charge on any atom is -0.465 e. The van der Waals surface area contributed by atoms with Crippen LogP contribution in [0.15, 0.2) is 49.3 Å². The molecule has 17 heavy (non-hydrogen) atoms. The van der Waals surface area contributed by atoms with Gasteiger partial charge >= 0.3 is 0 Å². The Kier molecular flexibility index (Phi) is 6.89. The van der Waals surface area contributed by atoms with Crippen LogP contribution in [0.5, 0.6) is 5.75 Å². The summed E-state index contributed by atoms with van der Waals surface area (Å²) in [5, 5.41) is 0. The molecule has 0 aromatic heterocycles. The molecular weight excluding hydrogens is 208 g/mol. The van der Waals surface area contributed by atoms with E-state index in [-0.39, 0.29) is 0 Å². The van der Waals surface area contributed by atoms with Crippen molar-refractivity contribution in [2.45, 2.75) is 39.0 Å². The maximum Gasteiger partial charge on any atom is 0.129 e. The molecule has 1 aromatic rings. The van der Waals surface area contributed by atoms with Crippen LogP contribution in [0.3, 0.4) is 0 Å². The number of para-hydroxylation sites is 1. The highest BCUT2D eigenvalue weighted by Gasteiger charge is 2.00. The van der Waals surface area contributed by atoms with E-state index >= 15 is 0 Å². The molecule has 0 spiro atoms. The zero-order chi connectivity index (χ0) is 12.3. The Labute approximate surface area is 105 Å². The second-order valence-electron chi connectivity index (χ2n) is 4.08. The number of benzene rings is 1. The Morgan fingerprint density at radius 3 is 2.82 bits per heavy atom. The normalized spacial score (nSPS) is 10.6. The smallest absolute Gasteiger partial charge is 0.129 e. The standard InChI is InChI=1S/C16H22O/c1-3-5-7-11-15-12-8-9-13-16(15)17-14-10-6-4-2/h4,8-10,12-14H,2-3,5-7,11H2,1H3. The van der Waals surface area contributed by atoms with Crippen LogP contribution >= 0.6 is 0 Å². The molecular formula is C16H22O. The molecule has 1 rings (SSSR count). The van der Waals surface area contributed by atoms with E-state index in [1.165, 1.54) is 24.8 Å². The van der Waals surface area contributed by atoms with Crippen LogP contribution in [0.1, 0.15) is 38.2 Å². The fraction of sp³-hybridized carbons (Fsp3) is 0.375. The number of ether oxygens (including phenoxy) is 1. The second-order valence-corrected chi connectivity index (χ2v) is 4.08. The lowest BCUT2D eigenvalue weighted by atomic mass is 10.1. The van der Waals surface area contributed by atoms with Crippen LogP contribution in [-0.2, 0) is 6.42 Å². The summed E-state index contributed by atoms with van der Waals surface area (Å²) < 4.78 is 5.64. The third-order valence-corrected chi connectivity index (χ3v) is 2.62. The van der Waals surface area contributed by atoms with Crippen molar-refractivity contribution in [3.05, 3.63) is 54.8 Å². The monoisotopic (exact) mass is 230 g/mol. The summed E-state index contributed by atoms with van der Waals surface area (Å²) in [4.78, 5) is 0. The quantitative estimate of drug-likeness (QED) is 0.351. The second kappa shape index (κ2) is 8.63. The topological polar surface area (TPSA) is 9.23 Å². The SMILES string of the molecule is C=CCC=COc1ccccc1CCCCC. The molecule has 0 amide bonds. The number of hydrogen-bond donors (Lipinski definition) is 0. The predicted molar refractivity (Wildman–Crippen MR) is 74.3 cm³/mol. The molecule has 0 atom stereocenters. The third-order valence-electron chi connectivity index (χ3n) is 2.62. The summed E-state index contributed by atoms with van der Waals surface area (Å²) in [6, 6.07) is 8.26. The summed E-state index contributed by atoms with van der Waals surface area (Å²) >= 11 is 0. The molecule has 0 saturated carbocycles. The van der Waals surface area contributed by atoms with Gasteiger partial charge in [-0.15, -0.1) is 6.58 Å². The van der Waals surface area contributed by atoms with Gasteiger partial charge in [-0.25, -0.2) is 0 Å². The van der Waals surface area contributed by atoms with Crippen molar-refractivity contribution in [2.75, 3.05) is 0 Å². The molecule has 92 valence electrons. The lowest BCUT2D eigenvalue weighted by Crippen LogP contribution is -1.91. The molecule has 0 heterocycles. The van der Waals surface area contributed by atoms with Crippen LogP contribution in [0.4, 0.5) is 0 Å². The highest BCUT2D eigenvalue weighted by atomic mass is 16.5. The van der Waals surface area contributed by atoms with Crippen molar-refractivity contribution in [3.8, 4) is 5.75 Å². The van der Waals surface area contributed by atoms with Gasteiger partial charge in [0.2, 0.25) is 0 Å². The molecule has 0 N–H and O–H groups in total. The Morgan fingerprint density at radius 2 is 2.06 bits per heavy atom. The van der Waals surface area contributed by atoms with E-state index in [1.807, 2.05) is 24.3 Å². The molecule has 0 fully saturated rings. The van der Waals surface area contributed by atoms with Gasteiger partial charge in [0, 0.05) is 0 Å². The van der Waals surface area contributed by atoms with E-state index in [4.69, 9.17) is 4.74 Å². The minimum atomic E-state index is 0.845. The summed E-state index contributed by atoms with van der Waals surface area (Å²) in [6.07, 6.45) is 11.3. The van der Waals surface area contributed by atoms with Crippen LogP contribution in [0.2, 0.25) is 0 Å². The van der Waals surface area contributed by atoms with Crippen LogP contribution in [0.25, 0.3) is 0 Å². The zero-order valence-corrected chi connectivity index (χ0v) is 10.7. The molecule has 0 unspecified atom stereocenters. The Morgan fingerprint density at radius 1 is 1.24 bits per heavy atom. The maximum atomic E-state index is 5.64. The summed E-state index contributed by atoms with van der Waals surface area (Å²) in [6.45, 7) is 5.89. The highest BCUT2D eigenvalue weighted by molar-refractivity contribution is 5.33. The van der Waals surface area contributed by atoms with E-state index in [2.05, 4.69) is 25.6 Å². The van der Waals surface area contributed by atoms with Gasteiger partial charge in [0.05, 0.1) is 6.26 Å². The Hall–Kier alpha value is -1.50. The van der Waals surface area contributed by atoms with Crippen molar-refractivity contribution in [1.82, 2.24) is 0 Å². The molecule has 1 heteroatoms. The molecule has 0 aliphatic carbocycles. The van der Waals surface area contributed by atoms with Crippen LogP contribution in [0, 0.1) is 0 Å². The first kappa shape index (κ1) is 13.6. The van der Waals surface area contributed by atoms with Gasteiger partial charge < -0.3 is 4.74 Å². The largest absolute Gasteiger partial charge is 0.465 e. The van der Waals surface area contributed by atoms with Crippen molar-refractivity contribution in [2.24, 2.45) is 0 Å². The van der Waals surface area contributed by atoms with Gasteiger partial charge in [-0.05, 0) is 37.0 Å². The Bertz CT molecular complexity index is 352. The summed E-state index contributed by atoms with van der Waals surface area (Å²) in [7, 11) is 0.